The molecule has 0 aliphatic heterocycles. The number of thiophene rings is 2. The largest absolute Gasteiger partial charge is 0.344 e. The summed E-state index contributed by atoms with van der Waals surface area (Å²) in [6.45, 7) is 4.04. The Bertz CT molecular complexity index is 743. The predicted octanol–water partition coefficient (Wildman–Crippen LogP) is 4.76. The van der Waals surface area contributed by atoms with Gasteiger partial charge in [0.25, 0.3) is 5.91 Å². The van der Waals surface area contributed by atoms with Crippen molar-refractivity contribution >= 4 is 38.7 Å². The maximum absolute atomic E-state index is 12.4. The van der Waals surface area contributed by atoms with E-state index in [-0.39, 0.29) is 11.9 Å². The molecule has 0 aliphatic rings. The second kappa shape index (κ2) is 5.38. The van der Waals surface area contributed by atoms with E-state index in [2.05, 4.69) is 17.4 Å². The summed E-state index contributed by atoms with van der Waals surface area (Å²) in [5.74, 6) is 0.0181. The third-order valence-corrected chi connectivity index (χ3v) is 5.69. The van der Waals surface area contributed by atoms with Crippen molar-refractivity contribution < 1.29 is 4.79 Å². The molecule has 2 aromatic heterocycles. The van der Waals surface area contributed by atoms with Gasteiger partial charge in [-0.15, -0.1) is 22.7 Å². The van der Waals surface area contributed by atoms with Crippen molar-refractivity contribution in [1.82, 2.24) is 5.32 Å². The summed E-state index contributed by atoms with van der Waals surface area (Å²) in [6, 6.07) is 12.3. The lowest BCUT2D eigenvalue weighted by atomic mass is 10.1. The summed E-state index contributed by atoms with van der Waals surface area (Å²) in [5, 5.41) is 6.29. The third kappa shape index (κ3) is 2.37. The summed E-state index contributed by atoms with van der Waals surface area (Å²) >= 11 is 3.23. The van der Waals surface area contributed by atoms with E-state index in [1.54, 1.807) is 22.7 Å². The van der Waals surface area contributed by atoms with E-state index in [0.717, 1.165) is 10.4 Å². The van der Waals surface area contributed by atoms with Crippen LogP contribution in [0.1, 0.15) is 33.1 Å². The fourth-order valence-corrected chi connectivity index (χ4v) is 4.11. The maximum atomic E-state index is 12.4. The summed E-state index contributed by atoms with van der Waals surface area (Å²) in [5.41, 5.74) is 1.07. The molecule has 102 valence electrons. The van der Waals surface area contributed by atoms with Gasteiger partial charge in [0.2, 0.25) is 0 Å². The molecule has 0 spiro atoms. The quantitative estimate of drug-likeness (QED) is 0.742. The number of hydrogen-bond donors (Lipinski definition) is 1. The van der Waals surface area contributed by atoms with Crippen LogP contribution in [-0.2, 0) is 0 Å². The van der Waals surface area contributed by atoms with Gasteiger partial charge in [-0.3, -0.25) is 4.79 Å². The van der Waals surface area contributed by atoms with E-state index in [0.29, 0.717) is 0 Å². The molecule has 0 saturated heterocycles. The van der Waals surface area contributed by atoms with E-state index < -0.39 is 0 Å². The molecule has 1 unspecified atom stereocenters. The highest BCUT2D eigenvalue weighted by molar-refractivity contribution is 7.21. The smallest absolute Gasteiger partial charge is 0.262 e. The van der Waals surface area contributed by atoms with Crippen molar-refractivity contribution in [1.29, 1.82) is 0 Å². The molecule has 0 fully saturated rings. The number of nitrogens with one attached hydrogen (secondary N) is 1. The highest BCUT2D eigenvalue weighted by atomic mass is 32.1. The molecule has 2 nitrogen and oxygen atoms in total. The molecule has 1 atom stereocenters. The molecule has 1 amide bonds. The predicted molar refractivity (Wildman–Crippen MR) is 86.8 cm³/mol. The molecule has 2 heterocycles. The van der Waals surface area contributed by atoms with E-state index in [9.17, 15) is 4.79 Å². The van der Waals surface area contributed by atoms with E-state index in [4.69, 9.17) is 0 Å². The van der Waals surface area contributed by atoms with Crippen LogP contribution in [0.25, 0.3) is 10.1 Å². The molecular formula is C16H15NOS2. The number of benzene rings is 1. The number of fused-ring (bicyclic) bond motifs is 1. The van der Waals surface area contributed by atoms with E-state index >= 15 is 0 Å². The minimum Gasteiger partial charge on any atom is -0.344 e. The molecule has 3 aromatic rings. The molecule has 0 saturated carbocycles. The lowest BCUT2D eigenvalue weighted by Crippen LogP contribution is -2.25. The van der Waals surface area contributed by atoms with Gasteiger partial charge in [0.15, 0.2) is 0 Å². The van der Waals surface area contributed by atoms with Crippen LogP contribution in [0, 0.1) is 6.92 Å². The zero-order valence-electron chi connectivity index (χ0n) is 11.3. The summed E-state index contributed by atoms with van der Waals surface area (Å²) in [4.78, 5) is 14.4. The van der Waals surface area contributed by atoms with Gasteiger partial charge >= 0.3 is 0 Å². The monoisotopic (exact) mass is 301 g/mol. The van der Waals surface area contributed by atoms with Gasteiger partial charge in [-0.25, -0.2) is 0 Å². The lowest BCUT2D eigenvalue weighted by Gasteiger charge is -2.11. The third-order valence-electron chi connectivity index (χ3n) is 3.37. The van der Waals surface area contributed by atoms with Gasteiger partial charge in [0, 0.05) is 9.58 Å². The molecule has 3 rings (SSSR count). The van der Waals surface area contributed by atoms with Crippen molar-refractivity contribution in [3.05, 3.63) is 57.1 Å². The number of aryl methyl sites for hydroxylation is 1. The molecule has 1 aromatic carbocycles. The number of carbonyl (C=O) groups is 1. The Balaban J connectivity index is 1.87. The molecular weight excluding hydrogens is 286 g/mol. The van der Waals surface area contributed by atoms with Crippen molar-refractivity contribution in [3.63, 3.8) is 0 Å². The summed E-state index contributed by atoms with van der Waals surface area (Å²) < 4.78 is 1.17. The highest BCUT2D eigenvalue weighted by Crippen LogP contribution is 2.31. The molecule has 0 aliphatic carbocycles. The van der Waals surface area contributed by atoms with Crippen molar-refractivity contribution in [3.8, 4) is 0 Å². The summed E-state index contributed by atoms with van der Waals surface area (Å²) in [7, 11) is 0. The standard InChI is InChI=1S/C16H15NOS2/c1-10-12-6-3-4-7-14(12)20-15(10)16(18)17-11(2)13-8-5-9-19-13/h3-9,11H,1-2H3,(H,17,18). The number of hydrogen-bond acceptors (Lipinski definition) is 3. The van der Waals surface area contributed by atoms with Gasteiger partial charge in [0.05, 0.1) is 10.9 Å². The van der Waals surface area contributed by atoms with Crippen molar-refractivity contribution in [2.45, 2.75) is 19.9 Å². The Hall–Kier alpha value is -1.65. The van der Waals surface area contributed by atoms with Crippen LogP contribution in [0.3, 0.4) is 0 Å². The number of rotatable bonds is 3. The van der Waals surface area contributed by atoms with E-state index in [1.165, 1.54) is 15.0 Å². The Kier molecular flexibility index (Phi) is 3.59. The summed E-state index contributed by atoms with van der Waals surface area (Å²) in [6.07, 6.45) is 0. The average molecular weight is 301 g/mol. The Morgan fingerprint density at radius 1 is 1.20 bits per heavy atom. The molecule has 20 heavy (non-hydrogen) atoms. The van der Waals surface area contributed by atoms with Crippen molar-refractivity contribution in [2.75, 3.05) is 0 Å². The van der Waals surface area contributed by atoms with Crippen LogP contribution in [-0.4, -0.2) is 5.91 Å². The van der Waals surface area contributed by atoms with Crippen LogP contribution >= 0.6 is 22.7 Å². The lowest BCUT2D eigenvalue weighted by molar-refractivity contribution is 0.0944. The van der Waals surface area contributed by atoms with E-state index in [1.807, 2.05) is 43.5 Å². The first kappa shape index (κ1) is 13.3. The Morgan fingerprint density at radius 3 is 2.70 bits per heavy atom. The first-order valence-corrected chi connectivity index (χ1v) is 8.19. The van der Waals surface area contributed by atoms with Gasteiger partial charge in [0.1, 0.15) is 0 Å². The minimum absolute atomic E-state index is 0.0181. The van der Waals surface area contributed by atoms with Crippen LogP contribution in [0.2, 0.25) is 0 Å². The minimum atomic E-state index is 0.0181. The van der Waals surface area contributed by atoms with Gasteiger partial charge in [-0.1, -0.05) is 24.3 Å². The molecule has 1 N–H and O–H groups in total. The first-order chi connectivity index (χ1) is 9.66. The second-order valence-corrected chi connectivity index (χ2v) is 6.79. The first-order valence-electron chi connectivity index (χ1n) is 6.49. The van der Waals surface area contributed by atoms with Gasteiger partial charge in [-0.2, -0.15) is 0 Å². The topological polar surface area (TPSA) is 29.1 Å². The average Bonchev–Trinajstić information content (AvgIpc) is 3.07. The zero-order valence-corrected chi connectivity index (χ0v) is 13.0. The molecule has 4 heteroatoms. The molecule has 0 bridgehead atoms. The zero-order chi connectivity index (χ0) is 14.1. The SMILES string of the molecule is Cc1c(C(=O)NC(C)c2cccs2)sc2ccccc12. The second-order valence-electron chi connectivity index (χ2n) is 4.76. The van der Waals surface area contributed by atoms with Crippen LogP contribution in [0.5, 0.6) is 0 Å². The Labute approximate surface area is 126 Å². The van der Waals surface area contributed by atoms with Crippen LogP contribution < -0.4 is 5.32 Å². The van der Waals surface area contributed by atoms with Gasteiger partial charge < -0.3 is 5.32 Å². The van der Waals surface area contributed by atoms with Gasteiger partial charge in [-0.05, 0) is 42.3 Å². The molecule has 0 radical (unpaired) electrons. The fourth-order valence-electron chi connectivity index (χ4n) is 2.26. The fraction of sp³-hybridized carbons (Fsp3) is 0.188. The van der Waals surface area contributed by atoms with Crippen molar-refractivity contribution in [2.24, 2.45) is 0 Å². The highest BCUT2D eigenvalue weighted by Gasteiger charge is 2.17. The normalized spacial score (nSPS) is 12.5. The number of amides is 1. The number of carbonyl (C=O) groups excluding carboxylic acids is 1. The maximum Gasteiger partial charge on any atom is 0.262 e. The Morgan fingerprint density at radius 2 is 2.00 bits per heavy atom. The van der Waals surface area contributed by atoms with Crippen LogP contribution in [0.4, 0.5) is 0 Å². The van der Waals surface area contributed by atoms with Crippen LogP contribution in [0.15, 0.2) is 41.8 Å².